The Bertz CT molecular complexity index is 1080. The quantitative estimate of drug-likeness (QED) is 0.0910. The molecule has 0 saturated carbocycles. The Morgan fingerprint density at radius 3 is 1.54 bits per heavy atom. The molecule has 1 aromatic carbocycles. The summed E-state index contributed by atoms with van der Waals surface area (Å²) in [6, 6.07) is 0. The van der Waals surface area contributed by atoms with Crippen LogP contribution in [0.25, 0.3) is 0 Å². The van der Waals surface area contributed by atoms with Gasteiger partial charge in [0.2, 0.25) is 0 Å². The van der Waals surface area contributed by atoms with Crippen LogP contribution in [0.1, 0.15) is 67.7 Å². The molecule has 1 aliphatic rings. The van der Waals surface area contributed by atoms with E-state index in [2.05, 4.69) is 0 Å². The highest BCUT2D eigenvalue weighted by Crippen LogP contribution is 2.78. The topological polar surface area (TPSA) is 129 Å². The molecule has 10 nitrogen and oxygen atoms in total. The Morgan fingerprint density at radius 2 is 1.16 bits per heavy atom. The maximum absolute atomic E-state index is 13.9. The van der Waals surface area contributed by atoms with E-state index in [1.807, 2.05) is 0 Å². The number of amides is 2. The molecule has 0 radical (unpaired) electrons. The van der Waals surface area contributed by atoms with E-state index in [9.17, 15) is 23.8 Å². The van der Waals surface area contributed by atoms with Crippen LogP contribution in [0.15, 0.2) is 0 Å². The second-order valence-corrected chi connectivity index (χ2v) is 14.1. The molecule has 16 heteroatoms. The number of aliphatic hydroxyl groups is 1. The van der Waals surface area contributed by atoms with Gasteiger partial charge in [0, 0.05) is 13.0 Å². The van der Waals surface area contributed by atoms with E-state index in [1.54, 1.807) is 6.92 Å². The van der Waals surface area contributed by atoms with Crippen molar-refractivity contribution >= 4 is 73.4 Å². The van der Waals surface area contributed by atoms with Gasteiger partial charge in [0.05, 0.1) is 57.6 Å². The maximum atomic E-state index is 13.9. The second-order valence-electron chi connectivity index (χ2n) is 7.73. The highest BCUT2D eigenvalue weighted by molar-refractivity contribution is 7.73. The number of benzene rings is 1. The van der Waals surface area contributed by atoms with Crippen molar-refractivity contribution in [2.75, 3.05) is 33.0 Å². The van der Waals surface area contributed by atoms with Crippen molar-refractivity contribution in [2.24, 2.45) is 0 Å². The molecule has 0 fully saturated rings. The van der Waals surface area contributed by atoms with Crippen molar-refractivity contribution in [2.45, 2.75) is 52.0 Å². The molecule has 37 heavy (non-hydrogen) atoms. The fourth-order valence-corrected chi connectivity index (χ4v) is 9.90. The van der Waals surface area contributed by atoms with Crippen LogP contribution >= 0.6 is 61.6 Å². The van der Waals surface area contributed by atoms with Crippen LogP contribution in [-0.4, -0.2) is 59.9 Å². The van der Waals surface area contributed by atoms with Gasteiger partial charge in [0.1, 0.15) is 0 Å². The fraction of sp³-hybridized carbons (Fsp3) is 0.619. The number of carbonyl (C=O) groups excluding carboxylic acids is 2. The van der Waals surface area contributed by atoms with Gasteiger partial charge in [-0.05, 0) is 33.6 Å². The predicted octanol–water partition coefficient (Wildman–Crippen LogP) is 7.24. The Hall–Kier alpha value is -0.220. The first-order valence-corrected chi connectivity index (χ1v) is 16.1. The molecule has 1 N–H and O–H groups in total. The minimum absolute atomic E-state index is 0.0746. The molecule has 0 spiro atoms. The molecule has 1 aliphatic heterocycles. The van der Waals surface area contributed by atoms with Gasteiger partial charge in [0.15, 0.2) is 0 Å². The van der Waals surface area contributed by atoms with Crippen molar-refractivity contribution in [3.05, 3.63) is 31.2 Å². The van der Waals surface area contributed by atoms with E-state index in [-0.39, 0.29) is 70.6 Å². The van der Waals surface area contributed by atoms with Crippen molar-refractivity contribution < 1.29 is 41.9 Å². The summed E-state index contributed by atoms with van der Waals surface area (Å²) in [6.45, 7) is 5.50. The van der Waals surface area contributed by atoms with Gasteiger partial charge in [-0.1, -0.05) is 53.3 Å². The van der Waals surface area contributed by atoms with E-state index in [1.165, 1.54) is 20.8 Å². The van der Waals surface area contributed by atoms with Crippen LogP contribution in [0.4, 0.5) is 0 Å². The summed E-state index contributed by atoms with van der Waals surface area (Å²) in [5.74, 6) is -1.58. The number of rotatable bonds is 15. The van der Waals surface area contributed by atoms with Crippen molar-refractivity contribution in [1.82, 2.24) is 4.90 Å². The number of hydrogen-bond acceptors (Lipinski definition) is 9. The molecule has 0 aliphatic carbocycles. The number of fused-ring (bicyclic) bond motifs is 1. The predicted molar refractivity (Wildman–Crippen MR) is 142 cm³/mol. The second kappa shape index (κ2) is 13.4. The summed E-state index contributed by atoms with van der Waals surface area (Å²) < 4.78 is 49.1. The van der Waals surface area contributed by atoms with Crippen molar-refractivity contribution in [3.63, 3.8) is 0 Å². The molecule has 2 rings (SSSR count). The summed E-state index contributed by atoms with van der Waals surface area (Å²) in [6.07, 6.45) is -0.320. The number of halogens is 4. The lowest BCUT2D eigenvalue weighted by Crippen LogP contribution is -2.36. The summed E-state index contributed by atoms with van der Waals surface area (Å²) in [5, 5.41) is 8.17. The first kappa shape index (κ1) is 33.0. The smallest absolute Gasteiger partial charge is 0.368 e. The van der Waals surface area contributed by atoms with E-state index in [4.69, 9.17) is 64.5 Å². The van der Waals surface area contributed by atoms with Gasteiger partial charge in [-0.2, -0.15) is 0 Å². The van der Waals surface area contributed by atoms with E-state index in [0.717, 1.165) is 4.90 Å². The molecule has 2 amide bonds. The largest absolute Gasteiger partial charge is 0.374 e. The van der Waals surface area contributed by atoms with Gasteiger partial charge in [-0.15, -0.1) is 0 Å². The lowest BCUT2D eigenvalue weighted by molar-refractivity contribution is 0.0611. The monoisotopic (exact) mass is 641 g/mol. The summed E-state index contributed by atoms with van der Waals surface area (Å²) >= 11 is 24.4. The van der Waals surface area contributed by atoms with Gasteiger partial charge >= 0.3 is 15.2 Å². The SMILES string of the molecule is CCCOP(=O)(OCC)C(O)(CCCN1C(=O)c2c(Cl)c(Cl)c(Cl)c(Cl)c2C1=O)P(=O)(OCC)OCC. The Kier molecular flexibility index (Phi) is 12.0. The minimum Gasteiger partial charge on any atom is -0.368 e. The summed E-state index contributed by atoms with van der Waals surface area (Å²) in [5.41, 5.74) is -0.413. The van der Waals surface area contributed by atoms with Crippen LogP contribution in [-0.2, 0) is 27.2 Å². The van der Waals surface area contributed by atoms with Crippen LogP contribution in [0.2, 0.25) is 20.1 Å². The van der Waals surface area contributed by atoms with E-state index in [0.29, 0.717) is 6.42 Å². The third-order valence-corrected chi connectivity index (χ3v) is 13.1. The first-order valence-electron chi connectivity index (χ1n) is 11.5. The molecule has 1 aromatic rings. The fourth-order valence-electron chi connectivity index (χ4n) is 3.71. The van der Waals surface area contributed by atoms with Crippen LogP contribution < -0.4 is 0 Å². The van der Waals surface area contributed by atoms with E-state index >= 15 is 0 Å². The maximum Gasteiger partial charge on any atom is 0.374 e. The van der Waals surface area contributed by atoms with Gasteiger partial charge in [-0.25, -0.2) is 0 Å². The molecule has 0 bridgehead atoms. The number of carbonyl (C=O) groups is 2. The van der Waals surface area contributed by atoms with Crippen molar-refractivity contribution in [1.29, 1.82) is 0 Å². The van der Waals surface area contributed by atoms with Gasteiger partial charge in [-0.3, -0.25) is 23.6 Å². The average molecular weight is 643 g/mol. The highest BCUT2D eigenvalue weighted by Gasteiger charge is 2.64. The number of hydrogen-bond donors (Lipinski definition) is 1. The zero-order valence-electron chi connectivity index (χ0n) is 20.7. The molecule has 210 valence electrons. The minimum atomic E-state index is -4.54. The van der Waals surface area contributed by atoms with Crippen molar-refractivity contribution in [3.8, 4) is 0 Å². The number of nitrogens with zero attached hydrogens (tertiary/aromatic N) is 1. The molecule has 0 aromatic heterocycles. The Balaban J connectivity index is 2.44. The molecular weight excluding hydrogens is 614 g/mol. The Morgan fingerprint density at radius 1 is 0.757 bits per heavy atom. The zero-order valence-corrected chi connectivity index (χ0v) is 25.5. The van der Waals surface area contributed by atoms with Crippen LogP contribution in [0, 0.1) is 0 Å². The standard InChI is InChI=1S/C21H29Cl4NO9P2/c1-5-12-35-37(31,34-8-4)21(29,36(30,32-6-2)33-7-3)10-9-11-26-19(27)13-14(20(26)28)16(23)18(25)17(24)15(13)22/h29H,5-12H2,1-4H3. The average Bonchev–Trinajstić information content (AvgIpc) is 3.10. The lowest BCUT2D eigenvalue weighted by Gasteiger charge is -2.38. The summed E-state index contributed by atoms with van der Waals surface area (Å²) in [4.78, 5) is 26.9. The molecule has 0 saturated heterocycles. The van der Waals surface area contributed by atoms with Gasteiger partial charge < -0.3 is 23.2 Å². The third-order valence-electron chi connectivity index (χ3n) is 5.32. The first-order chi connectivity index (χ1) is 17.3. The molecular formula is C21H29Cl4NO9P2. The van der Waals surface area contributed by atoms with E-state index < -0.39 is 38.5 Å². The normalized spacial score (nSPS) is 17.2. The molecule has 1 heterocycles. The third kappa shape index (κ3) is 6.10. The number of imide groups is 1. The highest BCUT2D eigenvalue weighted by atomic mass is 35.5. The molecule has 2 atom stereocenters. The van der Waals surface area contributed by atoms with Crippen LogP contribution in [0.5, 0.6) is 0 Å². The zero-order chi connectivity index (χ0) is 28.2. The molecule has 2 unspecified atom stereocenters. The van der Waals surface area contributed by atoms with Crippen LogP contribution in [0.3, 0.4) is 0 Å². The lowest BCUT2D eigenvalue weighted by atomic mass is 10.1. The summed E-state index contributed by atoms with van der Waals surface area (Å²) in [7, 11) is -9.08. The Labute approximate surface area is 235 Å². The van der Waals surface area contributed by atoms with Gasteiger partial charge in [0.25, 0.3) is 16.9 Å².